The van der Waals surface area contributed by atoms with Gasteiger partial charge in [0.25, 0.3) is 0 Å². The van der Waals surface area contributed by atoms with E-state index < -0.39 is 17.3 Å². The van der Waals surface area contributed by atoms with E-state index in [2.05, 4.69) is 4.98 Å². The van der Waals surface area contributed by atoms with Crippen molar-refractivity contribution in [2.24, 2.45) is 0 Å². The van der Waals surface area contributed by atoms with Gasteiger partial charge in [0.1, 0.15) is 5.60 Å². The lowest BCUT2D eigenvalue weighted by atomic mass is 9.97. The Bertz CT molecular complexity index is 990. The fraction of sp³-hybridized carbons (Fsp3) is 0.500. The Balaban J connectivity index is 2.28. The number of fused-ring (bicyclic) bond motifs is 1. The van der Waals surface area contributed by atoms with E-state index in [-0.39, 0.29) is 48.1 Å². The number of ether oxygens (including phenoxy) is 2. The van der Waals surface area contributed by atoms with Gasteiger partial charge in [-0.25, -0.2) is 9.59 Å². The van der Waals surface area contributed by atoms with Crippen molar-refractivity contribution in [1.82, 2.24) is 9.88 Å². The van der Waals surface area contributed by atoms with Crippen LogP contribution in [0, 0.1) is 6.92 Å². The van der Waals surface area contributed by atoms with Crippen molar-refractivity contribution < 1.29 is 23.5 Å². The number of rotatable bonds is 6. The summed E-state index contributed by atoms with van der Waals surface area (Å²) < 4.78 is 15.5. The van der Waals surface area contributed by atoms with Gasteiger partial charge >= 0.3 is 17.8 Å². The Hall–Kier alpha value is -3.10. The first-order chi connectivity index (χ1) is 13.4. The average molecular weight is 405 g/mol. The van der Waals surface area contributed by atoms with E-state index in [9.17, 15) is 14.4 Å². The molecule has 0 spiro atoms. The summed E-state index contributed by atoms with van der Waals surface area (Å²) in [6, 6.07) is 1.45. The van der Waals surface area contributed by atoms with Crippen LogP contribution in [-0.2, 0) is 4.74 Å². The number of anilines is 1. The fourth-order valence-electron chi connectivity index (χ4n) is 2.80. The number of nitrogens with two attached hydrogens (primary N) is 1. The van der Waals surface area contributed by atoms with E-state index in [0.717, 1.165) is 0 Å². The molecule has 9 heteroatoms. The highest BCUT2D eigenvalue weighted by Gasteiger charge is 2.23. The van der Waals surface area contributed by atoms with Crippen LogP contribution in [-0.4, -0.2) is 47.6 Å². The average Bonchev–Trinajstić information content (AvgIpc) is 2.57. The summed E-state index contributed by atoms with van der Waals surface area (Å²) in [7, 11) is 1.55. The van der Waals surface area contributed by atoms with Crippen LogP contribution >= 0.6 is 0 Å². The van der Waals surface area contributed by atoms with Crippen LogP contribution < -0.4 is 16.1 Å². The summed E-state index contributed by atoms with van der Waals surface area (Å²) in [6.07, 6.45) is -0.661. The van der Waals surface area contributed by atoms with Crippen LogP contribution in [0.3, 0.4) is 0 Å². The SMILES string of the molecule is CCOc1nc2cc(N)c(C(=O)CCN(C)C(=O)OC(C)(C)C)c(C)c2c(=O)o1. The van der Waals surface area contributed by atoms with Crippen molar-refractivity contribution in [2.75, 3.05) is 25.9 Å². The summed E-state index contributed by atoms with van der Waals surface area (Å²) >= 11 is 0. The van der Waals surface area contributed by atoms with Gasteiger partial charge in [-0.2, -0.15) is 4.98 Å². The van der Waals surface area contributed by atoms with Gasteiger partial charge in [-0.05, 0) is 46.2 Å². The van der Waals surface area contributed by atoms with E-state index in [0.29, 0.717) is 11.1 Å². The molecule has 158 valence electrons. The topological polar surface area (TPSA) is 125 Å². The van der Waals surface area contributed by atoms with Gasteiger partial charge in [0.05, 0.1) is 17.5 Å². The molecule has 0 aliphatic rings. The molecule has 0 atom stereocenters. The van der Waals surface area contributed by atoms with Gasteiger partial charge < -0.3 is 24.5 Å². The highest BCUT2D eigenvalue weighted by molar-refractivity contribution is 6.06. The van der Waals surface area contributed by atoms with Crippen LogP contribution in [0.1, 0.15) is 50.0 Å². The molecule has 0 radical (unpaired) electrons. The second kappa shape index (κ2) is 8.50. The first-order valence-electron chi connectivity index (χ1n) is 9.28. The number of aromatic nitrogens is 1. The number of hydrogen-bond donors (Lipinski definition) is 1. The third kappa shape index (κ3) is 5.24. The number of carbonyl (C=O) groups is 2. The monoisotopic (exact) mass is 405 g/mol. The Morgan fingerprint density at radius 1 is 1.31 bits per heavy atom. The van der Waals surface area contributed by atoms with Crippen molar-refractivity contribution in [3.8, 4) is 6.08 Å². The van der Waals surface area contributed by atoms with Gasteiger partial charge in [0.2, 0.25) is 0 Å². The highest BCUT2D eigenvalue weighted by Crippen LogP contribution is 2.26. The second-order valence-electron chi connectivity index (χ2n) is 7.64. The summed E-state index contributed by atoms with van der Waals surface area (Å²) in [5.41, 5.74) is 5.88. The Morgan fingerprint density at radius 3 is 2.55 bits per heavy atom. The Labute approximate surface area is 168 Å². The predicted octanol–water partition coefficient (Wildman–Crippen LogP) is 2.92. The Kier molecular flexibility index (Phi) is 6.51. The number of Topliss-reactive ketones (excluding diaryl/α,β-unsaturated/α-hetero) is 1. The molecule has 2 N–H and O–H groups in total. The fourth-order valence-corrected chi connectivity index (χ4v) is 2.80. The number of benzene rings is 1. The molecule has 29 heavy (non-hydrogen) atoms. The number of hydrogen-bond acceptors (Lipinski definition) is 8. The zero-order chi connectivity index (χ0) is 21.9. The minimum atomic E-state index is -0.657. The predicted molar refractivity (Wildman–Crippen MR) is 108 cm³/mol. The third-order valence-electron chi connectivity index (χ3n) is 4.11. The summed E-state index contributed by atoms with van der Waals surface area (Å²) in [6.45, 7) is 9.07. The number of nitrogens with zero attached hydrogens (tertiary/aromatic N) is 2. The molecule has 1 aromatic carbocycles. The molecular formula is C20H27N3O6. The minimum Gasteiger partial charge on any atom is -0.450 e. The first-order valence-corrected chi connectivity index (χ1v) is 9.28. The van der Waals surface area contributed by atoms with Crippen LogP contribution in [0.15, 0.2) is 15.3 Å². The maximum atomic E-state index is 12.8. The smallest absolute Gasteiger partial charge is 0.410 e. The molecule has 0 aliphatic carbocycles. The van der Waals surface area contributed by atoms with Crippen LogP contribution in [0.4, 0.5) is 10.5 Å². The number of ketones is 1. The van der Waals surface area contributed by atoms with Gasteiger partial charge in [-0.3, -0.25) is 4.79 Å². The molecule has 9 nitrogen and oxygen atoms in total. The molecule has 1 heterocycles. The third-order valence-corrected chi connectivity index (χ3v) is 4.11. The van der Waals surface area contributed by atoms with Crippen molar-refractivity contribution in [3.05, 3.63) is 27.6 Å². The largest absolute Gasteiger partial charge is 0.450 e. The maximum Gasteiger partial charge on any atom is 0.410 e. The molecule has 1 amide bonds. The van der Waals surface area contributed by atoms with E-state index in [1.807, 2.05) is 0 Å². The van der Waals surface area contributed by atoms with E-state index in [1.54, 1.807) is 41.7 Å². The zero-order valence-corrected chi connectivity index (χ0v) is 17.6. The van der Waals surface area contributed by atoms with Crippen molar-refractivity contribution in [3.63, 3.8) is 0 Å². The lowest BCUT2D eigenvalue weighted by Crippen LogP contribution is -2.35. The molecule has 2 aromatic rings. The van der Waals surface area contributed by atoms with E-state index >= 15 is 0 Å². The van der Waals surface area contributed by atoms with Gasteiger partial charge in [-0.1, -0.05) is 0 Å². The summed E-state index contributed by atoms with van der Waals surface area (Å²) in [4.78, 5) is 42.6. The first kappa shape index (κ1) is 22.2. The second-order valence-corrected chi connectivity index (χ2v) is 7.64. The molecule has 0 aliphatic heterocycles. The minimum absolute atomic E-state index is 0.0160. The molecular weight excluding hydrogens is 378 g/mol. The molecule has 1 aromatic heterocycles. The molecule has 0 unspecified atom stereocenters. The van der Waals surface area contributed by atoms with Crippen molar-refractivity contribution >= 4 is 28.5 Å². The lowest BCUT2D eigenvalue weighted by Gasteiger charge is -2.24. The Morgan fingerprint density at radius 2 is 1.97 bits per heavy atom. The van der Waals surface area contributed by atoms with Crippen LogP contribution in [0.2, 0.25) is 0 Å². The van der Waals surface area contributed by atoms with Crippen molar-refractivity contribution in [1.29, 1.82) is 0 Å². The maximum absolute atomic E-state index is 12.8. The van der Waals surface area contributed by atoms with Crippen molar-refractivity contribution in [2.45, 2.75) is 46.6 Å². The van der Waals surface area contributed by atoms with Gasteiger partial charge in [-0.15, -0.1) is 0 Å². The van der Waals surface area contributed by atoms with Gasteiger partial charge in [0.15, 0.2) is 5.78 Å². The van der Waals surface area contributed by atoms with Gasteiger partial charge in [0, 0.05) is 31.3 Å². The summed E-state index contributed by atoms with van der Waals surface area (Å²) in [5, 5.41) is 0.173. The highest BCUT2D eigenvalue weighted by atomic mass is 16.6. The lowest BCUT2D eigenvalue weighted by molar-refractivity contribution is 0.0298. The number of nitrogen functional groups attached to an aromatic ring is 1. The van der Waals surface area contributed by atoms with E-state index in [1.165, 1.54) is 11.0 Å². The number of amides is 1. The molecule has 0 saturated carbocycles. The standard InChI is InChI=1S/C20H27N3O6/c1-7-27-18-22-13-10-12(21)15(11(2)16(13)17(25)28-18)14(24)8-9-23(6)19(26)29-20(3,4)5/h10H,7-9,21H2,1-6H3. The van der Waals surface area contributed by atoms with Crippen LogP contribution in [0.25, 0.3) is 10.9 Å². The number of carbonyl (C=O) groups excluding carboxylic acids is 2. The molecule has 0 saturated heterocycles. The van der Waals surface area contributed by atoms with Crippen LogP contribution in [0.5, 0.6) is 6.08 Å². The molecule has 0 fully saturated rings. The normalized spacial score (nSPS) is 11.4. The summed E-state index contributed by atoms with van der Waals surface area (Å²) in [5.74, 6) is -0.300. The quantitative estimate of drug-likeness (QED) is 0.574. The van der Waals surface area contributed by atoms with E-state index in [4.69, 9.17) is 19.6 Å². The number of aryl methyl sites for hydroxylation is 1. The molecule has 2 rings (SSSR count). The molecule has 0 bridgehead atoms. The zero-order valence-electron chi connectivity index (χ0n) is 17.6.